The second-order valence-corrected chi connectivity index (χ2v) is 3.50. The van der Waals surface area contributed by atoms with E-state index in [0.717, 1.165) is 12.8 Å². The Labute approximate surface area is 85.8 Å². The highest BCUT2D eigenvalue weighted by molar-refractivity contribution is 5.75. The summed E-state index contributed by atoms with van der Waals surface area (Å²) < 4.78 is 40.1. The van der Waals surface area contributed by atoms with Crippen LogP contribution >= 0.6 is 0 Å². The molecule has 2 nitrogen and oxygen atoms in total. The normalized spacial score (nSPS) is 26.8. The Bertz CT molecular complexity index is 277. The molecule has 84 valence electrons. The van der Waals surface area contributed by atoms with Crippen LogP contribution in [0.1, 0.15) is 25.7 Å². The van der Waals surface area contributed by atoms with Crippen LogP contribution in [0, 0.1) is 18.3 Å². The molecule has 0 aliphatic heterocycles. The van der Waals surface area contributed by atoms with Crippen molar-refractivity contribution in [3.8, 4) is 12.3 Å². The van der Waals surface area contributed by atoms with Crippen LogP contribution in [-0.2, 0) is 9.53 Å². The summed E-state index contributed by atoms with van der Waals surface area (Å²) in [4.78, 5) is 10.6. The molecule has 0 aromatic heterocycles. The van der Waals surface area contributed by atoms with Crippen molar-refractivity contribution in [3.05, 3.63) is 0 Å². The van der Waals surface area contributed by atoms with E-state index in [1.165, 1.54) is 0 Å². The Kier molecular flexibility index (Phi) is 3.61. The highest BCUT2D eigenvalue weighted by Gasteiger charge is 2.43. The molecule has 2 unspecified atom stereocenters. The summed E-state index contributed by atoms with van der Waals surface area (Å²) in [7, 11) is 0. The van der Waals surface area contributed by atoms with Crippen LogP contribution in [0.15, 0.2) is 0 Å². The fraction of sp³-hybridized carbons (Fsp3) is 0.700. The van der Waals surface area contributed by atoms with Gasteiger partial charge < -0.3 is 4.74 Å². The standard InChI is InChI=1S/C10H11F3O2/c1-2-7-5-3-4-6-8(7)15-9(14)10(11,12)13/h1,7-8H,3-6H2. The molecule has 15 heavy (non-hydrogen) atoms. The molecule has 0 heterocycles. The van der Waals surface area contributed by atoms with Crippen LogP contribution in [-0.4, -0.2) is 18.2 Å². The molecular weight excluding hydrogens is 209 g/mol. The number of hydrogen-bond acceptors (Lipinski definition) is 2. The molecule has 1 aliphatic carbocycles. The number of esters is 1. The molecule has 1 rings (SSSR count). The van der Waals surface area contributed by atoms with E-state index >= 15 is 0 Å². The molecule has 1 fully saturated rings. The Balaban J connectivity index is 2.57. The molecule has 1 saturated carbocycles. The predicted molar refractivity (Wildman–Crippen MR) is 46.7 cm³/mol. The number of ether oxygens (including phenoxy) is 1. The maximum Gasteiger partial charge on any atom is 0.490 e. The number of hydrogen-bond donors (Lipinski definition) is 0. The summed E-state index contributed by atoms with van der Waals surface area (Å²) in [6, 6.07) is 0. The third kappa shape index (κ3) is 3.15. The fourth-order valence-corrected chi connectivity index (χ4v) is 1.63. The molecule has 0 aromatic rings. The van der Waals surface area contributed by atoms with Gasteiger partial charge in [-0.3, -0.25) is 0 Å². The van der Waals surface area contributed by atoms with E-state index in [-0.39, 0.29) is 5.92 Å². The first-order valence-corrected chi connectivity index (χ1v) is 4.69. The van der Waals surface area contributed by atoms with Gasteiger partial charge in [0, 0.05) is 0 Å². The van der Waals surface area contributed by atoms with E-state index in [2.05, 4.69) is 10.7 Å². The zero-order valence-electron chi connectivity index (χ0n) is 8.01. The summed E-state index contributed by atoms with van der Waals surface area (Å²) in [5.41, 5.74) is 0. The van der Waals surface area contributed by atoms with Gasteiger partial charge in [0.2, 0.25) is 0 Å². The van der Waals surface area contributed by atoms with E-state index in [1.54, 1.807) is 0 Å². The highest BCUT2D eigenvalue weighted by atomic mass is 19.4. The molecule has 0 amide bonds. The van der Waals surface area contributed by atoms with Crippen LogP contribution in [0.4, 0.5) is 13.2 Å². The molecule has 1 aliphatic rings. The van der Waals surface area contributed by atoms with Crippen molar-refractivity contribution in [2.45, 2.75) is 38.0 Å². The van der Waals surface area contributed by atoms with Gasteiger partial charge >= 0.3 is 12.1 Å². The van der Waals surface area contributed by atoms with Gasteiger partial charge in [-0.1, -0.05) is 12.3 Å². The van der Waals surface area contributed by atoms with Gasteiger partial charge in [0.1, 0.15) is 6.10 Å². The van der Waals surface area contributed by atoms with E-state index < -0.39 is 18.2 Å². The van der Waals surface area contributed by atoms with Crippen molar-refractivity contribution in [3.63, 3.8) is 0 Å². The van der Waals surface area contributed by atoms with E-state index in [0.29, 0.717) is 12.8 Å². The maximum absolute atomic E-state index is 11.9. The summed E-state index contributed by atoms with van der Waals surface area (Å²) in [5.74, 6) is -0.162. The smallest absolute Gasteiger partial charge is 0.454 e. The molecule has 0 bridgehead atoms. The quantitative estimate of drug-likeness (QED) is 0.500. The van der Waals surface area contributed by atoms with E-state index in [4.69, 9.17) is 6.42 Å². The number of alkyl halides is 3. The van der Waals surface area contributed by atoms with E-state index in [1.807, 2.05) is 0 Å². The lowest BCUT2D eigenvalue weighted by atomic mass is 9.87. The van der Waals surface area contributed by atoms with Gasteiger partial charge in [-0.05, 0) is 19.3 Å². The lowest BCUT2D eigenvalue weighted by Gasteiger charge is -2.27. The monoisotopic (exact) mass is 220 g/mol. The highest BCUT2D eigenvalue weighted by Crippen LogP contribution is 2.28. The van der Waals surface area contributed by atoms with Gasteiger partial charge in [-0.2, -0.15) is 13.2 Å². The number of terminal acetylenes is 1. The Morgan fingerprint density at radius 2 is 1.93 bits per heavy atom. The van der Waals surface area contributed by atoms with Crippen LogP contribution < -0.4 is 0 Å². The average Bonchev–Trinajstić information content (AvgIpc) is 2.17. The van der Waals surface area contributed by atoms with Crippen LogP contribution in [0.25, 0.3) is 0 Å². The Hall–Kier alpha value is -1.18. The first-order valence-electron chi connectivity index (χ1n) is 4.69. The minimum atomic E-state index is -4.93. The Morgan fingerprint density at radius 3 is 2.47 bits per heavy atom. The van der Waals surface area contributed by atoms with Gasteiger partial charge in [0.05, 0.1) is 5.92 Å². The number of carbonyl (C=O) groups is 1. The average molecular weight is 220 g/mol. The zero-order valence-corrected chi connectivity index (χ0v) is 8.01. The van der Waals surface area contributed by atoms with Crippen molar-refractivity contribution >= 4 is 5.97 Å². The van der Waals surface area contributed by atoms with Gasteiger partial charge in [-0.15, -0.1) is 6.42 Å². The summed E-state index contributed by atoms with van der Waals surface area (Å²) >= 11 is 0. The molecular formula is C10H11F3O2. The maximum atomic E-state index is 11.9. The largest absolute Gasteiger partial charge is 0.490 e. The molecule has 0 N–H and O–H groups in total. The van der Waals surface area contributed by atoms with Gasteiger partial charge in [-0.25, -0.2) is 4.79 Å². The molecule has 5 heteroatoms. The van der Waals surface area contributed by atoms with Crippen molar-refractivity contribution in [1.82, 2.24) is 0 Å². The topological polar surface area (TPSA) is 26.3 Å². The SMILES string of the molecule is C#CC1CCCCC1OC(=O)C(F)(F)F. The van der Waals surface area contributed by atoms with E-state index in [9.17, 15) is 18.0 Å². The zero-order chi connectivity index (χ0) is 11.5. The van der Waals surface area contributed by atoms with Crippen LogP contribution in [0.2, 0.25) is 0 Å². The summed E-state index contributed by atoms with van der Waals surface area (Å²) in [6.07, 6.45) is 2.09. The van der Waals surface area contributed by atoms with Crippen LogP contribution in [0.3, 0.4) is 0 Å². The number of halogens is 3. The predicted octanol–water partition coefficient (Wildman–Crippen LogP) is 2.28. The van der Waals surface area contributed by atoms with Crippen molar-refractivity contribution in [2.24, 2.45) is 5.92 Å². The lowest BCUT2D eigenvalue weighted by molar-refractivity contribution is -0.207. The van der Waals surface area contributed by atoms with Crippen LogP contribution in [0.5, 0.6) is 0 Å². The molecule has 0 aromatic carbocycles. The third-order valence-corrected chi connectivity index (χ3v) is 2.41. The van der Waals surface area contributed by atoms with Crippen molar-refractivity contribution < 1.29 is 22.7 Å². The molecule has 0 saturated heterocycles. The number of carbonyl (C=O) groups excluding carboxylic acids is 1. The summed E-state index contributed by atoms with van der Waals surface area (Å²) in [6.45, 7) is 0. The van der Waals surface area contributed by atoms with Crippen molar-refractivity contribution in [2.75, 3.05) is 0 Å². The lowest BCUT2D eigenvalue weighted by Crippen LogP contribution is -2.35. The second-order valence-electron chi connectivity index (χ2n) is 3.50. The first-order chi connectivity index (χ1) is 6.95. The van der Waals surface area contributed by atoms with Gasteiger partial charge in [0.25, 0.3) is 0 Å². The Morgan fingerprint density at radius 1 is 1.33 bits per heavy atom. The third-order valence-electron chi connectivity index (χ3n) is 2.41. The second kappa shape index (κ2) is 4.56. The molecule has 0 radical (unpaired) electrons. The minimum absolute atomic E-state index is 0.384. The molecule has 2 atom stereocenters. The minimum Gasteiger partial charge on any atom is -0.454 e. The summed E-state index contributed by atoms with van der Waals surface area (Å²) in [5, 5.41) is 0. The molecule has 0 spiro atoms. The van der Waals surface area contributed by atoms with Crippen molar-refractivity contribution in [1.29, 1.82) is 0 Å². The fourth-order valence-electron chi connectivity index (χ4n) is 1.63. The first kappa shape index (κ1) is 11.9. The number of rotatable bonds is 1. The van der Waals surface area contributed by atoms with Gasteiger partial charge in [0.15, 0.2) is 0 Å².